The van der Waals surface area contributed by atoms with Crippen LogP contribution >= 0.6 is 0 Å². The van der Waals surface area contributed by atoms with Crippen LogP contribution in [0.15, 0.2) is 51.4 Å². The molecular weight excluding hydrogens is 268 g/mol. The van der Waals surface area contributed by atoms with Gasteiger partial charge < -0.3 is 0 Å². The first-order chi connectivity index (χ1) is 9.09. The summed E-state index contributed by atoms with van der Waals surface area (Å²) in [5.41, 5.74) is -0.357. The first kappa shape index (κ1) is 11.6. The average molecular weight is 276 g/mol. The second-order valence-corrected chi connectivity index (χ2v) is 5.84. The molecule has 3 aromatic rings. The molecule has 2 aromatic heterocycles. The lowest BCUT2D eigenvalue weighted by atomic mass is 10.2. The van der Waals surface area contributed by atoms with Crippen molar-refractivity contribution in [2.75, 3.05) is 0 Å². The number of nitrogens with zero attached hydrogens (tertiary/aromatic N) is 2. The van der Waals surface area contributed by atoms with Crippen molar-refractivity contribution >= 4 is 20.6 Å². The lowest BCUT2D eigenvalue weighted by Gasteiger charge is -2.03. The zero-order chi connectivity index (χ0) is 13.5. The average Bonchev–Trinajstić information content (AvgIpc) is 2.93. The van der Waals surface area contributed by atoms with Crippen LogP contribution in [0.25, 0.3) is 10.8 Å². The predicted molar refractivity (Wildman–Crippen MR) is 66.4 cm³/mol. The van der Waals surface area contributed by atoms with E-state index in [2.05, 4.69) is 20.4 Å². The Morgan fingerprint density at radius 1 is 1.05 bits per heavy atom. The first-order valence-corrected chi connectivity index (χ1v) is 6.79. The fourth-order valence-corrected chi connectivity index (χ4v) is 2.97. The van der Waals surface area contributed by atoms with Gasteiger partial charge in [0.15, 0.2) is 0 Å². The molecule has 0 atom stereocenters. The molecule has 3 rings (SSSR count). The van der Waals surface area contributed by atoms with Gasteiger partial charge in [0, 0.05) is 11.6 Å². The van der Waals surface area contributed by atoms with Crippen LogP contribution in [0.4, 0.5) is 0 Å². The molecule has 1 aromatic carbocycles. The molecule has 2 N–H and O–H groups in total. The Morgan fingerprint density at radius 2 is 1.89 bits per heavy atom. The fourth-order valence-electron chi connectivity index (χ4n) is 1.76. The monoisotopic (exact) mass is 276 g/mol. The van der Waals surface area contributed by atoms with Gasteiger partial charge in [0.1, 0.15) is 4.90 Å². The largest absolute Gasteiger partial charge is 0.284 e. The molecule has 19 heavy (non-hydrogen) atoms. The molecule has 0 unspecified atom stereocenters. The van der Waals surface area contributed by atoms with Gasteiger partial charge in [-0.05, 0) is 18.2 Å². The van der Waals surface area contributed by atoms with Crippen molar-refractivity contribution in [2.45, 2.75) is 9.79 Å². The van der Waals surface area contributed by atoms with Crippen molar-refractivity contribution in [2.24, 2.45) is 0 Å². The van der Waals surface area contributed by atoms with Crippen LogP contribution < -0.4 is 5.56 Å². The topological polar surface area (TPSA) is 109 Å². The summed E-state index contributed by atoms with van der Waals surface area (Å²) in [7, 11) is -3.63. The fraction of sp³-hybridized carbons (Fsp3) is 0. The summed E-state index contributed by atoms with van der Waals surface area (Å²) >= 11 is 0. The molecule has 0 aliphatic heterocycles. The van der Waals surface area contributed by atoms with E-state index in [1.807, 2.05) is 0 Å². The van der Waals surface area contributed by atoms with Crippen molar-refractivity contribution < 1.29 is 8.42 Å². The summed E-state index contributed by atoms with van der Waals surface area (Å²) in [5, 5.41) is 12.9. The molecule has 0 fully saturated rings. The van der Waals surface area contributed by atoms with Gasteiger partial charge in [-0.15, -0.1) is 0 Å². The maximum absolute atomic E-state index is 12.3. The Labute approximate surface area is 107 Å². The summed E-state index contributed by atoms with van der Waals surface area (Å²) in [6.07, 6.45) is 3.94. The second kappa shape index (κ2) is 4.02. The lowest BCUT2D eigenvalue weighted by Crippen LogP contribution is -2.08. The molecule has 0 aliphatic rings. The van der Waals surface area contributed by atoms with Gasteiger partial charge in [0.2, 0.25) is 9.84 Å². The number of nitrogens with one attached hydrogen (secondary N) is 2. The molecule has 7 nitrogen and oxygen atoms in total. The lowest BCUT2D eigenvalue weighted by molar-refractivity contribution is 0.596. The van der Waals surface area contributed by atoms with Crippen LogP contribution in [0.2, 0.25) is 0 Å². The van der Waals surface area contributed by atoms with E-state index >= 15 is 0 Å². The minimum atomic E-state index is -3.63. The summed E-state index contributed by atoms with van der Waals surface area (Å²) < 4.78 is 24.5. The molecule has 0 saturated heterocycles. The van der Waals surface area contributed by atoms with Gasteiger partial charge in [-0.25, -0.2) is 13.5 Å². The van der Waals surface area contributed by atoms with E-state index in [9.17, 15) is 13.2 Å². The standard InChI is InChI=1S/C11H8N4O3S/c16-11-10-2-1-8(3-7(10)4-14-15-11)19(17,18)9-5-12-13-6-9/h1-6H,(H,12,13)(H,15,16). The highest BCUT2D eigenvalue weighted by atomic mass is 32.2. The van der Waals surface area contributed by atoms with Gasteiger partial charge in [-0.1, -0.05) is 0 Å². The third-order valence-corrected chi connectivity index (χ3v) is 4.45. The number of hydrogen-bond donors (Lipinski definition) is 2. The van der Waals surface area contributed by atoms with E-state index in [1.165, 1.54) is 36.8 Å². The van der Waals surface area contributed by atoms with Crippen molar-refractivity contribution in [1.29, 1.82) is 0 Å². The van der Waals surface area contributed by atoms with E-state index in [0.717, 1.165) is 0 Å². The van der Waals surface area contributed by atoms with Gasteiger partial charge in [-0.2, -0.15) is 10.2 Å². The number of aromatic amines is 2. The van der Waals surface area contributed by atoms with Crippen molar-refractivity contribution in [3.8, 4) is 0 Å². The maximum Gasteiger partial charge on any atom is 0.272 e. The first-order valence-electron chi connectivity index (χ1n) is 5.30. The molecule has 0 bridgehead atoms. The van der Waals surface area contributed by atoms with Crippen molar-refractivity contribution in [3.63, 3.8) is 0 Å². The van der Waals surface area contributed by atoms with Crippen molar-refractivity contribution in [1.82, 2.24) is 20.4 Å². The van der Waals surface area contributed by atoms with E-state index in [4.69, 9.17) is 0 Å². The zero-order valence-electron chi connectivity index (χ0n) is 9.49. The molecule has 8 heteroatoms. The molecular formula is C11H8N4O3S. The van der Waals surface area contributed by atoms with E-state index in [-0.39, 0.29) is 15.4 Å². The van der Waals surface area contributed by atoms with Gasteiger partial charge in [0.05, 0.1) is 22.7 Å². The molecule has 0 aliphatic carbocycles. The number of rotatable bonds is 2. The Balaban J connectivity index is 2.25. The number of benzene rings is 1. The summed E-state index contributed by atoms with van der Waals surface area (Å²) in [6.45, 7) is 0. The molecule has 0 saturated carbocycles. The van der Waals surface area contributed by atoms with Crippen LogP contribution in [0.5, 0.6) is 0 Å². The zero-order valence-corrected chi connectivity index (χ0v) is 10.3. The summed E-state index contributed by atoms with van der Waals surface area (Å²) in [6, 6.07) is 4.27. The normalized spacial score (nSPS) is 11.8. The number of fused-ring (bicyclic) bond motifs is 1. The quantitative estimate of drug-likeness (QED) is 0.707. The van der Waals surface area contributed by atoms with Crippen molar-refractivity contribution in [3.05, 3.63) is 47.1 Å². The Hall–Kier alpha value is -2.48. The maximum atomic E-state index is 12.3. The van der Waals surface area contributed by atoms with E-state index in [0.29, 0.717) is 10.8 Å². The molecule has 96 valence electrons. The second-order valence-electron chi connectivity index (χ2n) is 3.89. The Morgan fingerprint density at radius 3 is 2.63 bits per heavy atom. The smallest absolute Gasteiger partial charge is 0.272 e. The number of hydrogen-bond acceptors (Lipinski definition) is 5. The number of aromatic nitrogens is 4. The predicted octanol–water partition coefficient (Wildman–Crippen LogP) is 0.479. The van der Waals surface area contributed by atoms with Crippen LogP contribution in [0.3, 0.4) is 0 Å². The van der Waals surface area contributed by atoms with Crippen LogP contribution in [-0.2, 0) is 9.84 Å². The van der Waals surface area contributed by atoms with Gasteiger partial charge in [-0.3, -0.25) is 9.89 Å². The van der Waals surface area contributed by atoms with Crippen LogP contribution in [0.1, 0.15) is 0 Å². The van der Waals surface area contributed by atoms with Crippen LogP contribution in [-0.4, -0.2) is 28.8 Å². The summed E-state index contributed by atoms with van der Waals surface area (Å²) in [5.74, 6) is 0. The van der Waals surface area contributed by atoms with E-state index < -0.39 is 9.84 Å². The van der Waals surface area contributed by atoms with E-state index in [1.54, 1.807) is 0 Å². The highest BCUT2D eigenvalue weighted by Gasteiger charge is 2.19. The Kier molecular flexibility index (Phi) is 2.46. The molecule has 0 amide bonds. The Bertz CT molecular complexity index is 897. The minimum Gasteiger partial charge on any atom is -0.284 e. The highest BCUT2D eigenvalue weighted by Crippen LogP contribution is 2.22. The third kappa shape index (κ3) is 1.82. The van der Waals surface area contributed by atoms with Gasteiger partial charge in [0.25, 0.3) is 5.56 Å². The summed E-state index contributed by atoms with van der Waals surface area (Å²) in [4.78, 5) is 11.7. The van der Waals surface area contributed by atoms with Gasteiger partial charge >= 0.3 is 0 Å². The third-order valence-electron chi connectivity index (χ3n) is 2.73. The molecule has 0 radical (unpaired) electrons. The number of sulfone groups is 1. The molecule has 2 heterocycles. The molecule has 0 spiro atoms. The van der Waals surface area contributed by atoms with Crippen LogP contribution in [0, 0.1) is 0 Å². The number of H-pyrrole nitrogens is 2. The SMILES string of the molecule is O=c1[nH]ncc2cc(S(=O)(=O)c3cn[nH]c3)ccc12. The minimum absolute atomic E-state index is 0.0737. The highest BCUT2D eigenvalue weighted by molar-refractivity contribution is 7.91.